The molecule has 6 rings (SSSR count). The van der Waals surface area contributed by atoms with E-state index < -0.39 is 133 Å². The van der Waals surface area contributed by atoms with Crippen LogP contribution >= 0.6 is 0 Å². The van der Waals surface area contributed by atoms with Gasteiger partial charge in [0.25, 0.3) is 0 Å². The first-order chi connectivity index (χ1) is 36.2. The first kappa shape index (κ1) is 56.2. The summed E-state index contributed by atoms with van der Waals surface area (Å²) in [5.41, 5.74) is 10.3. The van der Waals surface area contributed by atoms with E-state index in [0.717, 1.165) is 21.8 Å². The van der Waals surface area contributed by atoms with Crippen LogP contribution in [0.25, 0.3) is 32.7 Å². The molecule has 0 unspecified atom stereocenters. The molecule has 0 saturated carbocycles. The van der Waals surface area contributed by atoms with Crippen LogP contribution in [-0.4, -0.2) is 138 Å². The molecule has 0 spiro atoms. The van der Waals surface area contributed by atoms with Crippen molar-refractivity contribution < 1.29 is 63.3 Å². The third-order valence-corrected chi connectivity index (χ3v) is 12.6. The molecule has 0 aliphatic carbocycles. The summed E-state index contributed by atoms with van der Waals surface area (Å²) in [5, 5.41) is 48.3. The topological polar surface area (TPSA) is 389 Å². The number of para-hydroxylation sites is 3. The van der Waals surface area contributed by atoms with Gasteiger partial charge in [-0.25, -0.2) is 0 Å². The number of carbonyl (C=O) groups excluding carboxylic acids is 7. The number of benzene rings is 3. The van der Waals surface area contributed by atoms with Crippen LogP contribution in [0.15, 0.2) is 91.4 Å². The number of nitrogens with two attached hydrogens (primary N) is 1. The fraction of sp³-hybridized carbons (Fsp3) is 0.346. The Labute approximate surface area is 434 Å². The van der Waals surface area contributed by atoms with Gasteiger partial charge in [0.1, 0.15) is 36.3 Å². The van der Waals surface area contributed by atoms with E-state index in [1.165, 1.54) is 6.92 Å². The van der Waals surface area contributed by atoms with Crippen molar-refractivity contribution in [3.8, 4) is 0 Å². The van der Waals surface area contributed by atoms with Crippen molar-refractivity contribution in [2.24, 2.45) is 11.7 Å². The van der Waals surface area contributed by atoms with Gasteiger partial charge < -0.3 is 73.2 Å². The molecule has 0 fully saturated rings. The number of rotatable bonds is 27. The van der Waals surface area contributed by atoms with Gasteiger partial charge in [-0.3, -0.25) is 47.9 Å². The van der Waals surface area contributed by atoms with E-state index in [0.29, 0.717) is 27.6 Å². The zero-order valence-corrected chi connectivity index (χ0v) is 41.7. The minimum absolute atomic E-state index is 0.0202. The number of aromatic amines is 3. The molecule has 6 aromatic rings. The lowest BCUT2D eigenvalue weighted by molar-refractivity contribution is -0.142. The van der Waals surface area contributed by atoms with E-state index in [1.807, 2.05) is 24.3 Å². The molecule has 15 N–H and O–H groups in total. The van der Waals surface area contributed by atoms with Gasteiger partial charge in [0, 0.05) is 70.6 Å². The molecule has 0 bridgehead atoms. The third-order valence-electron chi connectivity index (χ3n) is 12.6. The summed E-state index contributed by atoms with van der Waals surface area (Å²) in [5.74, 6) is -11.4. The average Bonchev–Trinajstić information content (AvgIpc) is 4.11. The number of hydrogen-bond donors (Lipinski definition) is 14. The van der Waals surface area contributed by atoms with Crippen LogP contribution in [0.4, 0.5) is 0 Å². The van der Waals surface area contributed by atoms with E-state index in [2.05, 4.69) is 52.2 Å². The van der Waals surface area contributed by atoms with E-state index in [9.17, 15) is 63.3 Å². The Kier molecular flexibility index (Phi) is 19.0. The monoisotopic (exact) mass is 1050 g/mol. The number of nitrogens with one attached hydrogen (secondary N) is 10. The number of carbonyl (C=O) groups is 10. The second-order valence-electron chi connectivity index (χ2n) is 18.6. The van der Waals surface area contributed by atoms with Crippen molar-refractivity contribution in [3.05, 3.63) is 108 Å². The van der Waals surface area contributed by atoms with Crippen LogP contribution in [0.1, 0.15) is 56.7 Å². The summed E-state index contributed by atoms with van der Waals surface area (Å²) >= 11 is 0. The lowest BCUT2D eigenvalue weighted by atomic mass is 10.00. The van der Waals surface area contributed by atoms with E-state index in [-0.39, 0.29) is 19.3 Å². The van der Waals surface area contributed by atoms with Crippen molar-refractivity contribution in [2.45, 2.75) is 102 Å². The Hall–Kier alpha value is -9.06. The normalized spacial score (nSPS) is 14.1. The molecule has 3 heterocycles. The van der Waals surface area contributed by atoms with Gasteiger partial charge in [-0.2, -0.15) is 0 Å². The van der Waals surface area contributed by atoms with Gasteiger partial charge in [-0.05, 0) is 60.6 Å². The highest BCUT2D eigenvalue weighted by Gasteiger charge is 2.35. The summed E-state index contributed by atoms with van der Waals surface area (Å²) in [7, 11) is 0. The Morgan fingerprint density at radius 2 is 0.934 bits per heavy atom. The maximum Gasteiger partial charge on any atom is 0.325 e. The second kappa shape index (κ2) is 25.7. The van der Waals surface area contributed by atoms with Gasteiger partial charge in [-0.15, -0.1) is 0 Å². The number of hydrogen-bond acceptors (Lipinski definition) is 11. The maximum absolute atomic E-state index is 14.4. The third kappa shape index (κ3) is 15.0. The number of fused-ring (bicyclic) bond motifs is 3. The molecule has 7 atom stereocenters. The predicted molar refractivity (Wildman–Crippen MR) is 276 cm³/mol. The summed E-state index contributed by atoms with van der Waals surface area (Å²) in [6.45, 7) is 3.75. The smallest absolute Gasteiger partial charge is 0.325 e. The summed E-state index contributed by atoms with van der Waals surface area (Å²) in [4.78, 5) is 141. The molecular weight excluding hydrogens is 987 g/mol. The molecule has 402 valence electrons. The number of carboxylic acids is 3. The Morgan fingerprint density at radius 1 is 0.500 bits per heavy atom. The van der Waals surface area contributed by atoms with Crippen LogP contribution in [0.5, 0.6) is 0 Å². The predicted octanol–water partition coefficient (Wildman–Crippen LogP) is 0.611. The van der Waals surface area contributed by atoms with Crippen LogP contribution in [0, 0.1) is 5.92 Å². The number of H-pyrrole nitrogens is 3. The number of amides is 7. The van der Waals surface area contributed by atoms with Crippen molar-refractivity contribution in [1.82, 2.24) is 52.2 Å². The van der Waals surface area contributed by atoms with Crippen molar-refractivity contribution >= 4 is 92.0 Å². The van der Waals surface area contributed by atoms with Crippen LogP contribution < -0.4 is 43.0 Å². The summed E-state index contributed by atoms with van der Waals surface area (Å²) in [6.07, 6.45) is 2.51. The van der Waals surface area contributed by atoms with Gasteiger partial charge in [0.2, 0.25) is 41.4 Å². The molecule has 7 amide bonds. The largest absolute Gasteiger partial charge is 0.481 e. The molecule has 24 heteroatoms. The van der Waals surface area contributed by atoms with Crippen LogP contribution in [-0.2, 0) is 67.2 Å². The minimum Gasteiger partial charge on any atom is -0.481 e. The molecule has 0 saturated heterocycles. The lowest BCUT2D eigenvalue weighted by Crippen LogP contribution is -2.60. The Bertz CT molecular complexity index is 3130. The highest BCUT2D eigenvalue weighted by molar-refractivity contribution is 5.99. The molecule has 76 heavy (non-hydrogen) atoms. The SMILES string of the molecule is CC(C)[C@H](NC(=O)[C@H](Cc1c[nH]c2ccccc12)NC(=O)[C@H](CC(=O)O)NC(=O)[C@H](CCC(=O)O)NC(=O)[C@@H](N)Cc1c[nH]c2ccccc12)C(=O)NCC(=O)N[C@@H](Cc1c[nH]c2ccccc12)C(=O)N[C@@H](C)C(=O)O. The first-order valence-corrected chi connectivity index (χ1v) is 24.3. The lowest BCUT2D eigenvalue weighted by Gasteiger charge is -2.27. The first-order valence-electron chi connectivity index (χ1n) is 24.3. The minimum atomic E-state index is -1.90. The van der Waals surface area contributed by atoms with Gasteiger partial charge >= 0.3 is 17.9 Å². The highest BCUT2D eigenvalue weighted by Crippen LogP contribution is 2.22. The number of aliphatic carboxylic acids is 3. The Balaban J connectivity index is 1.16. The quantitative estimate of drug-likeness (QED) is 0.0336. The molecule has 3 aromatic heterocycles. The molecule has 0 aliphatic rings. The molecule has 3 aromatic carbocycles. The fourth-order valence-corrected chi connectivity index (χ4v) is 8.52. The molecule has 24 nitrogen and oxygen atoms in total. The Morgan fingerprint density at radius 3 is 1.42 bits per heavy atom. The average molecular weight is 1050 g/mol. The molecular formula is C52H61N11O13. The van der Waals surface area contributed by atoms with Gasteiger partial charge in [0.15, 0.2) is 0 Å². The van der Waals surface area contributed by atoms with E-state index in [4.69, 9.17) is 5.73 Å². The fourth-order valence-electron chi connectivity index (χ4n) is 8.52. The van der Waals surface area contributed by atoms with E-state index in [1.54, 1.807) is 81.0 Å². The number of aromatic nitrogens is 3. The zero-order valence-electron chi connectivity index (χ0n) is 41.7. The summed E-state index contributed by atoms with van der Waals surface area (Å²) < 4.78 is 0. The maximum atomic E-state index is 14.4. The van der Waals surface area contributed by atoms with Gasteiger partial charge in [0.05, 0.1) is 19.0 Å². The molecule has 0 radical (unpaired) electrons. The number of carboxylic acid groups (broad SMARTS) is 3. The van der Waals surface area contributed by atoms with Crippen LogP contribution in [0.3, 0.4) is 0 Å². The van der Waals surface area contributed by atoms with Crippen molar-refractivity contribution in [2.75, 3.05) is 6.54 Å². The van der Waals surface area contributed by atoms with Crippen LogP contribution in [0.2, 0.25) is 0 Å². The molecule has 0 aliphatic heterocycles. The zero-order chi connectivity index (χ0) is 55.2. The van der Waals surface area contributed by atoms with E-state index >= 15 is 0 Å². The summed E-state index contributed by atoms with van der Waals surface area (Å²) in [6, 6.07) is 11.3. The van der Waals surface area contributed by atoms with Crippen molar-refractivity contribution in [1.29, 1.82) is 0 Å². The standard InChI is InChI=1S/C52H61N11O13/c1-26(2)45(51(74)57-25-42(64)59-39(48(71)58-27(3)52(75)76)19-29-23-55-36-14-8-5-11-32(29)36)63-50(73)40(20-30-24-56-37-15-9-6-12-33(30)37)61-49(72)41(21-44(67)68)62-47(70)38(16-17-43(65)66)60-46(69)34(53)18-28-22-54-35-13-7-4-10-31(28)35/h4-15,22-24,26-27,34,38-41,45,54-56H,16-21,25,53H2,1-3H3,(H,57,74)(H,58,71)(H,59,64)(H,60,69)(H,61,72)(H,62,70)(H,63,73)(H,65,66)(H,67,68)(H,75,76)/t27-,34-,38-,39-,40-,41-,45-/m0/s1. The second-order valence-corrected chi connectivity index (χ2v) is 18.6. The van der Waals surface area contributed by atoms with Crippen molar-refractivity contribution in [3.63, 3.8) is 0 Å². The highest BCUT2D eigenvalue weighted by atomic mass is 16.4. The van der Waals surface area contributed by atoms with Gasteiger partial charge in [-0.1, -0.05) is 68.4 Å².